The molecule has 0 aromatic heterocycles. The van der Waals surface area contributed by atoms with E-state index in [2.05, 4.69) is 17.9 Å². The van der Waals surface area contributed by atoms with Crippen molar-refractivity contribution in [2.45, 2.75) is 33.1 Å². The number of benzene rings is 1. The van der Waals surface area contributed by atoms with Gasteiger partial charge in [0.15, 0.2) is 0 Å². The van der Waals surface area contributed by atoms with Gasteiger partial charge >= 0.3 is 5.97 Å². The van der Waals surface area contributed by atoms with Gasteiger partial charge in [0.25, 0.3) is 0 Å². The highest BCUT2D eigenvalue weighted by Gasteiger charge is 2.42. The molecule has 1 aromatic carbocycles. The van der Waals surface area contributed by atoms with Crippen LogP contribution in [0.5, 0.6) is 5.75 Å². The fourth-order valence-electron chi connectivity index (χ4n) is 3.21. The molecule has 122 valence electrons. The lowest BCUT2D eigenvalue weighted by atomic mass is 9.73. The second kappa shape index (κ2) is 7.63. The maximum absolute atomic E-state index is 12.6. The van der Waals surface area contributed by atoms with E-state index >= 15 is 0 Å². The Bertz CT molecular complexity index is 493. The molecule has 0 saturated carbocycles. The van der Waals surface area contributed by atoms with Crippen LogP contribution in [0.4, 0.5) is 0 Å². The maximum Gasteiger partial charge on any atom is 0.312 e. The first-order valence-electron chi connectivity index (χ1n) is 8.16. The Morgan fingerprint density at radius 1 is 1.27 bits per heavy atom. The third-order valence-electron chi connectivity index (χ3n) is 4.65. The molecule has 2 rings (SSSR count). The van der Waals surface area contributed by atoms with E-state index in [1.54, 1.807) is 7.11 Å². The number of hydrogen-bond acceptors (Lipinski definition) is 4. The molecule has 0 N–H and O–H groups in total. The van der Waals surface area contributed by atoms with Gasteiger partial charge in [-0.05, 0) is 63.5 Å². The summed E-state index contributed by atoms with van der Waals surface area (Å²) in [5, 5.41) is 0. The lowest BCUT2D eigenvalue weighted by Crippen LogP contribution is -2.46. The Morgan fingerprint density at radius 3 is 2.59 bits per heavy atom. The summed E-state index contributed by atoms with van der Waals surface area (Å²) in [6.45, 7) is 7.44. The van der Waals surface area contributed by atoms with E-state index in [1.807, 2.05) is 25.1 Å². The van der Waals surface area contributed by atoms with Crippen LogP contribution in [0.25, 0.3) is 0 Å². The number of nitrogens with zero attached hydrogens (tertiary/aromatic N) is 1. The molecule has 1 aromatic rings. The molecule has 22 heavy (non-hydrogen) atoms. The molecule has 1 saturated heterocycles. The van der Waals surface area contributed by atoms with Gasteiger partial charge in [-0.25, -0.2) is 0 Å². The fraction of sp³-hybridized carbons (Fsp3) is 0.611. The van der Waals surface area contributed by atoms with Crippen LogP contribution in [-0.4, -0.2) is 44.2 Å². The van der Waals surface area contributed by atoms with E-state index in [-0.39, 0.29) is 5.97 Å². The highest BCUT2D eigenvalue weighted by molar-refractivity contribution is 5.77. The Morgan fingerprint density at radius 2 is 2.00 bits per heavy atom. The van der Waals surface area contributed by atoms with Crippen molar-refractivity contribution in [1.29, 1.82) is 0 Å². The van der Waals surface area contributed by atoms with Gasteiger partial charge in [0.1, 0.15) is 5.75 Å². The van der Waals surface area contributed by atoms with Crippen LogP contribution in [0, 0.1) is 5.41 Å². The summed E-state index contributed by atoms with van der Waals surface area (Å²) < 4.78 is 10.7. The normalized spacial score (nSPS) is 18.0. The zero-order valence-electron chi connectivity index (χ0n) is 13.9. The summed E-state index contributed by atoms with van der Waals surface area (Å²) in [4.78, 5) is 15.0. The lowest BCUT2D eigenvalue weighted by Gasteiger charge is -2.39. The van der Waals surface area contributed by atoms with Crippen molar-refractivity contribution in [3.8, 4) is 5.75 Å². The molecule has 0 aliphatic carbocycles. The molecule has 1 heterocycles. The van der Waals surface area contributed by atoms with E-state index in [9.17, 15) is 4.79 Å². The molecule has 4 heteroatoms. The number of hydrogen-bond donors (Lipinski definition) is 0. The molecule has 4 nitrogen and oxygen atoms in total. The van der Waals surface area contributed by atoms with Crippen molar-refractivity contribution in [1.82, 2.24) is 4.90 Å². The second-order valence-corrected chi connectivity index (χ2v) is 5.96. The van der Waals surface area contributed by atoms with E-state index < -0.39 is 5.41 Å². The average molecular weight is 305 g/mol. The third kappa shape index (κ3) is 3.80. The number of likely N-dealkylation sites (tertiary alicyclic amines) is 1. The fourth-order valence-corrected chi connectivity index (χ4v) is 3.21. The van der Waals surface area contributed by atoms with Crippen molar-refractivity contribution in [2.24, 2.45) is 5.41 Å². The van der Waals surface area contributed by atoms with Gasteiger partial charge in [-0.3, -0.25) is 4.79 Å². The Kier molecular flexibility index (Phi) is 5.83. The van der Waals surface area contributed by atoms with Crippen molar-refractivity contribution in [3.05, 3.63) is 29.8 Å². The molecular formula is C18H27NO3. The van der Waals surface area contributed by atoms with Crippen LogP contribution in [0.15, 0.2) is 24.3 Å². The number of piperidine rings is 1. The van der Waals surface area contributed by atoms with E-state index in [1.165, 1.54) is 0 Å². The lowest BCUT2D eigenvalue weighted by molar-refractivity contribution is -0.158. The molecule has 0 radical (unpaired) electrons. The SMILES string of the molecule is CCOC(=O)C1(Cc2cccc(OC)c2)CCN(CC)CC1. The summed E-state index contributed by atoms with van der Waals surface area (Å²) in [5.74, 6) is 0.788. The van der Waals surface area contributed by atoms with Gasteiger partial charge in [-0.15, -0.1) is 0 Å². The monoisotopic (exact) mass is 305 g/mol. The number of carbonyl (C=O) groups is 1. The van der Waals surface area contributed by atoms with Crippen LogP contribution < -0.4 is 4.74 Å². The quantitative estimate of drug-likeness (QED) is 0.758. The first kappa shape index (κ1) is 16.8. The second-order valence-electron chi connectivity index (χ2n) is 5.96. The van der Waals surface area contributed by atoms with Crippen LogP contribution in [0.3, 0.4) is 0 Å². The zero-order valence-corrected chi connectivity index (χ0v) is 13.9. The predicted octanol–water partition coefficient (Wildman–Crippen LogP) is 2.90. The largest absolute Gasteiger partial charge is 0.497 e. The minimum atomic E-state index is -0.395. The van der Waals surface area contributed by atoms with Crippen LogP contribution >= 0.6 is 0 Å². The van der Waals surface area contributed by atoms with Gasteiger partial charge in [0.05, 0.1) is 19.1 Å². The van der Waals surface area contributed by atoms with Gasteiger partial charge in [-0.2, -0.15) is 0 Å². The third-order valence-corrected chi connectivity index (χ3v) is 4.65. The van der Waals surface area contributed by atoms with E-state index in [4.69, 9.17) is 9.47 Å². The number of carbonyl (C=O) groups excluding carboxylic acids is 1. The predicted molar refractivity (Wildman–Crippen MR) is 87.1 cm³/mol. The van der Waals surface area contributed by atoms with Gasteiger partial charge in [0, 0.05) is 0 Å². The van der Waals surface area contributed by atoms with Crippen molar-refractivity contribution < 1.29 is 14.3 Å². The topological polar surface area (TPSA) is 38.8 Å². The Balaban J connectivity index is 2.19. The van der Waals surface area contributed by atoms with Gasteiger partial charge in [-0.1, -0.05) is 19.1 Å². The highest BCUT2D eigenvalue weighted by Crippen LogP contribution is 2.37. The summed E-state index contributed by atoms with van der Waals surface area (Å²) in [5.41, 5.74) is 0.742. The minimum absolute atomic E-state index is 0.0476. The number of rotatable bonds is 6. The number of methoxy groups -OCH3 is 1. The molecule has 0 unspecified atom stereocenters. The van der Waals surface area contributed by atoms with E-state index in [0.29, 0.717) is 6.61 Å². The molecule has 0 spiro atoms. The first-order valence-corrected chi connectivity index (χ1v) is 8.16. The van der Waals surface area contributed by atoms with Crippen molar-refractivity contribution in [2.75, 3.05) is 33.4 Å². The Hall–Kier alpha value is -1.55. The molecule has 0 amide bonds. The standard InChI is InChI=1S/C18H27NO3/c1-4-19-11-9-18(10-12-19,17(20)22-5-2)14-15-7-6-8-16(13-15)21-3/h6-8,13H,4-5,9-12,14H2,1-3H3. The van der Waals surface area contributed by atoms with Gasteiger partial charge in [0.2, 0.25) is 0 Å². The molecule has 1 aliphatic heterocycles. The van der Waals surface area contributed by atoms with Gasteiger partial charge < -0.3 is 14.4 Å². The molecular weight excluding hydrogens is 278 g/mol. The molecule has 1 fully saturated rings. The van der Waals surface area contributed by atoms with Crippen LogP contribution in [-0.2, 0) is 16.0 Å². The smallest absolute Gasteiger partial charge is 0.312 e. The molecule has 0 bridgehead atoms. The maximum atomic E-state index is 12.6. The zero-order chi connectivity index (χ0) is 16.0. The molecule has 0 atom stereocenters. The number of ether oxygens (including phenoxy) is 2. The summed E-state index contributed by atoms with van der Waals surface area (Å²) >= 11 is 0. The summed E-state index contributed by atoms with van der Waals surface area (Å²) in [6.07, 6.45) is 2.44. The Labute approximate surface area is 133 Å². The average Bonchev–Trinajstić information content (AvgIpc) is 2.56. The summed E-state index contributed by atoms with van der Waals surface area (Å²) in [7, 11) is 1.67. The first-order chi connectivity index (χ1) is 10.6. The number of esters is 1. The summed E-state index contributed by atoms with van der Waals surface area (Å²) in [6, 6.07) is 8.00. The van der Waals surface area contributed by atoms with Crippen LogP contribution in [0.1, 0.15) is 32.3 Å². The minimum Gasteiger partial charge on any atom is -0.497 e. The highest BCUT2D eigenvalue weighted by atomic mass is 16.5. The van der Waals surface area contributed by atoms with Crippen LogP contribution in [0.2, 0.25) is 0 Å². The molecule has 1 aliphatic rings. The van der Waals surface area contributed by atoms with Crippen molar-refractivity contribution in [3.63, 3.8) is 0 Å². The van der Waals surface area contributed by atoms with Crippen molar-refractivity contribution >= 4 is 5.97 Å². The van der Waals surface area contributed by atoms with E-state index in [0.717, 1.165) is 50.2 Å².